The van der Waals surface area contributed by atoms with Crippen molar-refractivity contribution in [2.45, 2.75) is 49.8 Å². The highest BCUT2D eigenvalue weighted by atomic mass is 32.2. The lowest BCUT2D eigenvalue weighted by Crippen LogP contribution is -2.40. The molecule has 0 aliphatic heterocycles. The summed E-state index contributed by atoms with van der Waals surface area (Å²) in [5, 5.41) is 22.7. The minimum Gasteiger partial charge on any atom is -0.508 e. The van der Waals surface area contributed by atoms with Crippen molar-refractivity contribution in [1.82, 2.24) is 5.32 Å². The van der Waals surface area contributed by atoms with Crippen LogP contribution >= 0.6 is 11.8 Å². The van der Waals surface area contributed by atoms with Gasteiger partial charge in [-0.2, -0.15) is 11.8 Å². The first kappa shape index (κ1) is 15.5. The summed E-state index contributed by atoms with van der Waals surface area (Å²) in [4.78, 5) is 0. The zero-order chi connectivity index (χ0) is 14.6. The van der Waals surface area contributed by atoms with Gasteiger partial charge in [-0.3, -0.25) is 0 Å². The number of rotatable bonds is 5. The van der Waals surface area contributed by atoms with Crippen LogP contribution in [0.3, 0.4) is 0 Å². The molecule has 20 heavy (non-hydrogen) atoms. The molecule has 3 N–H and O–H groups in total. The average Bonchev–Trinajstić information content (AvgIpc) is 2.45. The van der Waals surface area contributed by atoms with Gasteiger partial charge in [0.05, 0.1) is 0 Å². The van der Waals surface area contributed by atoms with Crippen LogP contribution in [0.25, 0.3) is 0 Å². The molecule has 0 heterocycles. The molecule has 0 bridgehead atoms. The molecular formula is C16H25NO2S. The molecule has 1 aromatic carbocycles. The molecule has 0 radical (unpaired) electrons. The van der Waals surface area contributed by atoms with Crippen LogP contribution in [-0.4, -0.2) is 27.8 Å². The van der Waals surface area contributed by atoms with Crippen LogP contribution in [0.5, 0.6) is 11.5 Å². The summed E-state index contributed by atoms with van der Waals surface area (Å²) in [7, 11) is 0. The highest BCUT2D eigenvalue weighted by Crippen LogP contribution is 2.38. The predicted octanol–water partition coefficient (Wildman–Crippen LogP) is 3.81. The molecule has 4 heteroatoms. The van der Waals surface area contributed by atoms with Gasteiger partial charge in [-0.05, 0) is 43.7 Å². The number of thioether (sulfide) groups is 1. The van der Waals surface area contributed by atoms with E-state index in [1.54, 1.807) is 12.1 Å². The third kappa shape index (κ3) is 3.83. The van der Waals surface area contributed by atoms with Gasteiger partial charge in [-0.1, -0.05) is 19.3 Å². The molecule has 2 rings (SSSR count). The summed E-state index contributed by atoms with van der Waals surface area (Å²) in [5.41, 5.74) is 0.926. The van der Waals surface area contributed by atoms with Crippen molar-refractivity contribution in [3.63, 3.8) is 0 Å². The number of hydrogen-bond acceptors (Lipinski definition) is 4. The van der Waals surface area contributed by atoms with Gasteiger partial charge < -0.3 is 15.5 Å². The first-order valence-electron chi connectivity index (χ1n) is 7.36. The average molecular weight is 295 g/mol. The van der Waals surface area contributed by atoms with Crippen LogP contribution < -0.4 is 5.32 Å². The Morgan fingerprint density at radius 3 is 2.30 bits per heavy atom. The molecule has 112 valence electrons. The number of phenolic OH excluding ortho intramolecular Hbond substituents is 2. The topological polar surface area (TPSA) is 52.5 Å². The van der Waals surface area contributed by atoms with Gasteiger partial charge in [0.2, 0.25) is 0 Å². The zero-order valence-corrected chi connectivity index (χ0v) is 13.2. The second-order valence-corrected chi connectivity index (χ2v) is 7.11. The number of hydrogen-bond donors (Lipinski definition) is 3. The van der Waals surface area contributed by atoms with Gasteiger partial charge in [0.1, 0.15) is 11.5 Å². The van der Waals surface area contributed by atoms with Gasteiger partial charge in [-0.15, -0.1) is 0 Å². The number of phenols is 2. The summed E-state index contributed by atoms with van der Waals surface area (Å²) in [5.74, 6) is 0.233. The molecule has 1 aromatic rings. The van der Waals surface area contributed by atoms with Crippen molar-refractivity contribution in [1.29, 1.82) is 0 Å². The van der Waals surface area contributed by atoms with E-state index in [4.69, 9.17) is 0 Å². The number of aromatic hydroxyl groups is 2. The summed E-state index contributed by atoms with van der Waals surface area (Å²) < 4.78 is 0.353. The van der Waals surface area contributed by atoms with E-state index in [-0.39, 0.29) is 17.5 Å². The molecule has 1 aliphatic rings. The van der Waals surface area contributed by atoms with Crippen molar-refractivity contribution in [2.24, 2.45) is 0 Å². The zero-order valence-electron chi connectivity index (χ0n) is 12.4. The fraction of sp³-hybridized carbons (Fsp3) is 0.625. The predicted molar refractivity (Wildman–Crippen MR) is 85.5 cm³/mol. The quantitative estimate of drug-likeness (QED) is 0.773. The fourth-order valence-corrected chi connectivity index (χ4v) is 3.90. The van der Waals surface area contributed by atoms with Gasteiger partial charge >= 0.3 is 0 Å². The van der Waals surface area contributed by atoms with E-state index in [2.05, 4.69) is 18.5 Å². The number of benzene rings is 1. The summed E-state index contributed by atoms with van der Waals surface area (Å²) in [6, 6.07) is 4.91. The Labute approximate surface area is 125 Å². The minimum absolute atomic E-state index is 0.117. The van der Waals surface area contributed by atoms with E-state index in [0.717, 1.165) is 12.1 Å². The fourth-order valence-electron chi connectivity index (χ4n) is 2.97. The van der Waals surface area contributed by atoms with Gasteiger partial charge in [0.25, 0.3) is 0 Å². The maximum absolute atomic E-state index is 9.56. The Morgan fingerprint density at radius 2 is 1.75 bits per heavy atom. The Balaban J connectivity index is 1.98. The third-order valence-corrected chi connectivity index (χ3v) is 5.77. The lowest BCUT2D eigenvalue weighted by Gasteiger charge is -2.37. The molecule has 1 unspecified atom stereocenters. The van der Waals surface area contributed by atoms with Crippen molar-refractivity contribution < 1.29 is 10.2 Å². The molecule has 0 spiro atoms. The lowest BCUT2D eigenvalue weighted by molar-refractivity contribution is 0.366. The lowest BCUT2D eigenvalue weighted by atomic mass is 9.88. The van der Waals surface area contributed by atoms with Crippen LogP contribution in [0.15, 0.2) is 18.2 Å². The van der Waals surface area contributed by atoms with Crippen LogP contribution in [0, 0.1) is 0 Å². The molecule has 0 saturated heterocycles. The molecule has 3 nitrogen and oxygen atoms in total. The standard InChI is InChI=1S/C16H25NO2S/c1-12(13-8-14(18)10-15(19)9-13)17-11-16(20-2)6-4-3-5-7-16/h8-10,12,17-19H,3-7,11H2,1-2H3. The maximum Gasteiger partial charge on any atom is 0.119 e. The van der Waals surface area contributed by atoms with Crippen LogP contribution in [0.1, 0.15) is 50.6 Å². The highest BCUT2D eigenvalue weighted by molar-refractivity contribution is 8.00. The van der Waals surface area contributed by atoms with E-state index < -0.39 is 0 Å². The van der Waals surface area contributed by atoms with Crippen LogP contribution in [0.2, 0.25) is 0 Å². The first-order valence-corrected chi connectivity index (χ1v) is 8.59. The molecule has 1 fully saturated rings. The Bertz CT molecular complexity index is 424. The Kier molecular flexibility index (Phi) is 5.22. The van der Waals surface area contributed by atoms with Crippen LogP contribution in [0.4, 0.5) is 0 Å². The second-order valence-electron chi connectivity index (χ2n) is 5.83. The van der Waals surface area contributed by atoms with Crippen LogP contribution in [-0.2, 0) is 0 Å². The molecule has 1 atom stereocenters. The van der Waals surface area contributed by atoms with E-state index in [0.29, 0.717) is 4.75 Å². The Hall–Kier alpha value is -0.870. The monoisotopic (exact) mass is 295 g/mol. The van der Waals surface area contributed by atoms with Gasteiger partial charge in [-0.25, -0.2) is 0 Å². The van der Waals surface area contributed by atoms with Crippen molar-refractivity contribution in [2.75, 3.05) is 12.8 Å². The highest BCUT2D eigenvalue weighted by Gasteiger charge is 2.31. The minimum atomic E-state index is 0.117. The molecular weight excluding hydrogens is 270 g/mol. The smallest absolute Gasteiger partial charge is 0.119 e. The van der Waals surface area contributed by atoms with E-state index in [9.17, 15) is 10.2 Å². The third-order valence-electron chi connectivity index (χ3n) is 4.35. The Morgan fingerprint density at radius 1 is 1.15 bits per heavy atom. The van der Waals surface area contributed by atoms with E-state index in [1.165, 1.54) is 38.2 Å². The summed E-state index contributed by atoms with van der Waals surface area (Å²) in [6.07, 6.45) is 8.77. The second kappa shape index (κ2) is 6.72. The normalized spacial score (nSPS) is 19.7. The first-order chi connectivity index (χ1) is 9.54. The maximum atomic E-state index is 9.56. The molecule has 0 amide bonds. The van der Waals surface area contributed by atoms with Crippen molar-refractivity contribution in [3.8, 4) is 11.5 Å². The molecule has 0 aromatic heterocycles. The van der Waals surface area contributed by atoms with Gasteiger partial charge in [0, 0.05) is 23.4 Å². The largest absolute Gasteiger partial charge is 0.508 e. The SMILES string of the molecule is CSC1(CNC(C)c2cc(O)cc(O)c2)CCCCC1. The number of nitrogens with one attached hydrogen (secondary N) is 1. The van der Waals surface area contributed by atoms with E-state index in [1.807, 2.05) is 11.8 Å². The summed E-state index contributed by atoms with van der Waals surface area (Å²) >= 11 is 1.98. The van der Waals surface area contributed by atoms with Gasteiger partial charge in [0.15, 0.2) is 0 Å². The van der Waals surface area contributed by atoms with E-state index >= 15 is 0 Å². The molecule has 1 saturated carbocycles. The van der Waals surface area contributed by atoms with Crippen molar-refractivity contribution in [3.05, 3.63) is 23.8 Å². The molecule has 1 aliphatic carbocycles. The summed E-state index contributed by atoms with van der Waals surface area (Å²) in [6.45, 7) is 3.05. The van der Waals surface area contributed by atoms with Crippen molar-refractivity contribution >= 4 is 11.8 Å².